The summed E-state index contributed by atoms with van der Waals surface area (Å²) < 4.78 is 6.83. The first-order valence-corrected chi connectivity index (χ1v) is 17.1. The zero-order chi connectivity index (χ0) is 33.7. The summed E-state index contributed by atoms with van der Waals surface area (Å²) >= 11 is 0. The molecule has 10 aromatic rings. The molecular weight excluding hydrogens is 623 g/mol. The van der Waals surface area contributed by atoms with E-state index >= 15 is 0 Å². The first kappa shape index (κ1) is 29.0. The molecule has 51 heavy (non-hydrogen) atoms. The lowest BCUT2D eigenvalue weighted by Crippen LogP contribution is -2.00. The number of rotatable bonds is 5. The molecule has 0 atom stereocenters. The van der Waals surface area contributed by atoms with E-state index in [1.807, 2.05) is 36.4 Å². The molecule has 0 aliphatic rings. The Hall–Kier alpha value is -6.91. The van der Waals surface area contributed by atoms with Crippen LogP contribution in [0, 0.1) is 0 Å². The molecule has 4 nitrogen and oxygen atoms in total. The van der Waals surface area contributed by atoms with Crippen molar-refractivity contribution in [3.05, 3.63) is 176 Å². The molecule has 0 fully saturated rings. The normalized spacial score (nSPS) is 11.5. The molecule has 0 unspecified atom stereocenters. The molecule has 0 N–H and O–H groups in total. The van der Waals surface area contributed by atoms with Gasteiger partial charge in [0.05, 0.1) is 0 Å². The van der Waals surface area contributed by atoms with Crippen LogP contribution in [0.1, 0.15) is 0 Å². The molecular formula is C47H29N3O. The van der Waals surface area contributed by atoms with Crippen molar-refractivity contribution >= 4 is 43.5 Å². The van der Waals surface area contributed by atoms with Gasteiger partial charge in [0, 0.05) is 33.0 Å². The van der Waals surface area contributed by atoms with Crippen LogP contribution in [0.5, 0.6) is 0 Å². The fourth-order valence-corrected chi connectivity index (χ4v) is 7.14. The van der Waals surface area contributed by atoms with E-state index in [1.54, 1.807) is 0 Å². The van der Waals surface area contributed by atoms with E-state index in [4.69, 9.17) is 19.4 Å². The van der Waals surface area contributed by atoms with Crippen molar-refractivity contribution in [2.75, 3.05) is 0 Å². The van der Waals surface area contributed by atoms with Gasteiger partial charge in [0.25, 0.3) is 0 Å². The van der Waals surface area contributed by atoms with Crippen LogP contribution < -0.4 is 0 Å². The predicted octanol–water partition coefficient (Wildman–Crippen LogP) is 12.4. The lowest BCUT2D eigenvalue weighted by atomic mass is 9.94. The second kappa shape index (κ2) is 11.9. The minimum Gasteiger partial charge on any atom is -0.455 e. The number of furan rings is 1. The van der Waals surface area contributed by atoms with E-state index < -0.39 is 0 Å². The maximum absolute atomic E-state index is 6.83. The molecule has 2 heterocycles. The van der Waals surface area contributed by atoms with Gasteiger partial charge in [-0.3, -0.25) is 0 Å². The highest BCUT2D eigenvalue weighted by molar-refractivity contribution is 6.18. The summed E-state index contributed by atoms with van der Waals surface area (Å²) in [4.78, 5) is 15.0. The average molecular weight is 652 g/mol. The second-order valence-corrected chi connectivity index (χ2v) is 12.8. The zero-order valence-electron chi connectivity index (χ0n) is 27.5. The highest BCUT2D eigenvalue weighted by Gasteiger charge is 2.19. The molecule has 0 aliphatic heterocycles. The second-order valence-electron chi connectivity index (χ2n) is 12.8. The third kappa shape index (κ3) is 5.13. The summed E-state index contributed by atoms with van der Waals surface area (Å²) in [7, 11) is 0. The van der Waals surface area contributed by atoms with Crippen molar-refractivity contribution < 1.29 is 4.42 Å². The minimum absolute atomic E-state index is 0.594. The Labute approximate surface area is 294 Å². The average Bonchev–Trinajstić information content (AvgIpc) is 3.57. The Kier molecular flexibility index (Phi) is 6.78. The standard InChI is InChI=1S/C47H29N3O/c1-3-11-30(12-4-1)32-19-22-33(23-20-32)43-39-18-10-9-17-36(39)28-41-40-26-25-38(29-42(40)51-44(41)43)47-49-45(34-14-5-2-6-15-34)48-46(50-47)37-24-21-31-13-7-8-16-35(31)27-37/h1-29H. The van der Waals surface area contributed by atoms with Crippen molar-refractivity contribution in [3.63, 3.8) is 0 Å². The van der Waals surface area contributed by atoms with Crippen LogP contribution in [-0.2, 0) is 0 Å². The SMILES string of the molecule is c1ccc(-c2ccc(-c3c4ccccc4cc4c3oc3cc(-c5nc(-c6ccccc6)nc(-c6ccc7ccccc7c6)n5)ccc34)cc2)cc1. The van der Waals surface area contributed by atoms with Gasteiger partial charge >= 0.3 is 0 Å². The topological polar surface area (TPSA) is 51.8 Å². The van der Waals surface area contributed by atoms with Crippen LogP contribution in [0.3, 0.4) is 0 Å². The van der Waals surface area contributed by atoms with Crippen LogP contribution in [0.2, 0.25) is 0 Å². The molecule has 0 amide bonds. The van der Waals surface area contributed by atoms with E-state index in [0.717, 1.165) is 60.5 Å². The minimum atomic E-state index is 0.594. The molecule has 4 heteroatoms. The number of nitrogens with zero attached hydrogens (tertiary/aromatic N) is 3. The lowest BCUT2D eigenvalue weighted by Gasteiger charge is -2.10. The van der Waals surface area contributed by atoms with E-state index in [-0.39, 0.29) is 0 Å². The Morgan fingerprint density at radius 2 is 0.843 bits per heavy atom. The fraction of sp³-hybridized carbons (Fsp3) is 0. The summed E-state index contributed by atoms with van der Waals surface area (Å²) in [6.07, 6.45) is 0. The van der Waals surface area contributed by atoms with Gasteiger partial charge in [-0.1, -0.05) is 152 Å². The lowest BCUT2D eigenvalue weighted by molar-refractivity contribution is 0.670. The van der Waals surface area contributed by atoms with Crippen LogP contribution in [0.15, 0.2) is 180 Å². The van der Waals surface area contributed by atoms with Crippen molar-refractivity contribution in [1.82, 2.24) is 15.0 Å². The Morgan fingerprint density at radius 3 is 1.59 bits per heavy atom. The smallest absolute Gasteiger partial charge is 0.164 e. The van der Waals surface area contributed by atoms with Crippen molar-refractivity contribution in [2.24, 2.45) is 0 Å². The van der Waals surface area contributed by atoms with Crippen molar-refractivity contribution in [3.8, 4) is 56.4 Å². The third-order valence-electron chi connectivity index (χ3n) is 9.70. The molecule has 238 valence electrons. The van der Waals surface area contributed by atoms with Gasteiger partial charge in [-0.25, -0.2) is 15.0 Å². The van der Waals surface area contributed by atoms with E-state index in [1.165, 1.54) is 21.9 Å². The van der Waals surface area contributed by atoms with Crippen LogP contribution >= 0.6 is 0 Å². The molecule has 8 aromatic carbocycles. The predicted molar refractivity (Wildman–Crippen MR) is 209 cm³/mol. The first-order chi connectivity index (χ1) is 25.2. The highest BCUT2D eigenvalue weighted by Crippen LogP contribution is 2.42. The molecule has 2 aromatic heterocycles. The van der Waals surface area contributed by atoms with Gasteiger partial charge in [-0.2, -0.15) is 0 Å². The van der Waals surface area contributed by atoms with Gasteiger partial charge < -0.3 is 4.42 Å². The molecule has 0 saturated carbocycles. The monoisotopic (exact) mass is 651 g/mol. The molecule has 0 saturated heterocycles. The van der Waals surface area contributed by atoms with Crippen LogP contribution in [-0.4, -0.2) is 15.0 Å². The number of fused-ring (bicyclic) bond motifs is 5. The van der Waals surface area contributed by atoms with Gasteiger partial charge in [0.2, 0.25) is 0 Å². The molecule has 10 rings (SSSR count). The molecule has 0 aliphatic carbocycles. The summed E-state index contributed by atoms with van der Waals surface area (Å²) in [5.41, 5.74) is 8.96. The van der Waals surface area contributed by atoms with Gasteiger partial charge in [0.1, 0.15) is 11.2 Å². The molecule has 0 radical (unpaired) electrons. The van der Waals surface area contributed by atoms with E-state index in [2.05, 4.69) is 140 Å². The Morgan fingerprint density at radius 1 is 0.314 bits per heavy atom. The zero-order valence-corrected chi connectivity index (χ0v) is 27.5. The summed E-state index contributed by atoms with van der Waals surface area (Å²) in [6.45, 7) is 0. The summed E-state index contributed by atoms with van der Waals surface area (Å²) in [5, 5.41) is 6.77. The van der Waals surface area contributed by atoms with Crippen molar-refractivity contribution in [1.29, 1.82) is 0 Å². The van der Waals surface area contributed by atoms with E-state index in [9.17, 15) is 0 Å². The Bertz CT molecular complexity index is 2900. The Balaban J connectivity index is 1.14. The largest absolute Gasteiger partial charge is 0.455 e. The molecule has 0 bridgehead atoms. The fourth-order valence-electron chi connectivity index (χ4n) is 7.14. The van der Waals surface area contributed by atoms with Gasteiger partial charge in [-0.05, 0) is 62.5 Å². The van der Waals surface area contributed by atoms with E-state index in [0.29, 0.717) is 17.5 Å². The maximum Gasteiger partial charge on any atom is 0.164 e. The number of benzene rings is 8. The number of aromatic nitrogens is 3. The first-order valence-electron chi connectivity index (χ1n) is 17.1. The number of hydrogen-bond acceptors (Lipinski definition) is 4. The molecule has 0 spiro atoms. The summed E-state index contributed by atoms with van der Waals surface area (Å²) in [5.74, 6) is 1.85. The third-order valence-corrected chi connectivity index (χ3v) is 9.70. The van der Waals surface area contributed by atoms with Crippen LogP contribution in [0.25, 0.3) is 99.9 Å². The van der Waals surface area contributed by atoms with Gasteiger partial charge in [0.15, 0.2) is 17.5 Å². The highest BCUT2D eigenvalue weighted by atomic mass is 16.3. The number of hydrogen-bond donors (Lipinski definition) is 0. The van der Waals surface area contributed by atoms with Crippen molar-refractivity contribution in [2.45, 2.75) is 0 Å². The maximum atomic E-state index is 6.83. The van der Waals surface area contributed by atoms with Crippen LogP contribution in [0.4, 0.5) is 0 Å². The summed E-state index contributed by atoms with van der Waals surface area (Å²) in [6, 6.07) is 61.1. The quantitative estimate of drug-likeness (QED) is 0.186. The van der Waals surface area contributed by atoms with Gasteiger partial charge in [-0.15, -0.1) is 0 Å².